The molecule has 2 fully saturated rings. The first kappa shape index (κ1) is 28.1. The Hall–Kier alpha value is -1.91. The van der Waals surface area contributed by atoms with Crippen LogP contribution in [0.3, 0.4) is 0 Å². The molecule has 0 atom stereocenters. The van der Waals surface area contributed by atoms with Gasteiger partial charge in [0.2, 0.25) is 10.0 Å². The van der Waals surface area contributed by atoms with E-state index in [1.54, 1.807) is 13.2 Å². The van der Waals surface area contributed by atoms with Crippen molar-refractivity contribution in [2.45, 2.75) is 43.6 Å². The van der Waals surface area contributed by atoms with Crippen LogP contribution in [0.15, 0.2) is 30.3 Å². The predicted molar refractivity (Wildman–Crippen MR) is 142 cm³/mol. The summed E-state index contributed by atoms with van der Waals surface area (Å²) >= 11 is 12.2. The molecule has 1 saturated heterocycles. The van der Waals surface area contributed by atoms with Gasteiger partial charge in [0, 0.05) is 42.9 Å². The smallest absolute Gasteiger partial charge is 0.267 e. The lowest BCUT2D eigenvalue weighted by atomic mass is 9.91. The van der Waals surface area contributed by atoms with E-state index in [2.05, 4.69) is 4.90 Å². The topological polar surface area (TPSA) is 84.9 Å². The third-order valence-corrected chi connectivity index (χ3v) is 7.96. The standard InChI is InChI=1S/C26H31Cl2FN2O5S/c1-35-26(6-9-31(10-7-26)8-5-17-11-19(27)13-20(28)12-17)16-36-24-15-23(29)22(14-21(24)18-3-4-18)25(32)30-37(2,33)34/h11-15,18H,3-10,16H2,1-2H3,(H,30,32). The molecule has 37 heavy (non-hydrogen) atoms. The molecule has 0 aromatic heterocycles. The van der Waals surface area contributed by atoms with Crippen LogP contribution >= 0.6 is 23.2 Å². The average molecular weight is 574 g/mol. The lowest BCUT2D eigenvalue weighted by Crippen LogP contribution is -2.49. The fourth-order valence-corrected chi connectivity index (χ4v) is 5.67. The fraction of sp³-hybridized carbons (Fsp3) is 0.500. The summed E-state index contributed by atoms with van der Waals surface area (Å²) in [5.41, 5.74) is 0.978. The van der Waals surface area contributed by atoms with Gasteiger partial charge in [-0.25, -0.2) is 17.5 Å². The van der Waals surface area contributed by atoms with Crippen molar-refractivity contribution in [2.24, 2.45) is 0 Å². The predicted octanol–water partition coefficient (Wildman–Crippen LogP) is 4.80. The number of hydrogen-bond donors (Lipinski definition) is 1. The van der Waals surface area contributed by atoms with Crippen molar-refractivity contribution in [2.75, 3.05) is 39.6 Å². The van der Waals surface area contributed by atoms with Crippen LogP contribution in [0.25, 0.3) is 0 Å². The van der Waals surface area contributed by atoms with Gasteiger partial charge in [0.25, 0.3) is 5.91 Å². The van der Waals surface area contributed by atoms with Gasteiger partial charge < -0.3 is 14.4 Å². The first-order valence-corrected chi connectivity index (χ1v) is 14.8. The van der Waals surface area contributed by atoms with Crippen LogP contribution in [0.4, 0.5) is 4.39 Å². The van der Waals surface area contributed by atoms with Gasteiger partial charge >= 0.3 is 0 Å². The van der Waals surface area contributed by atoms with Gasteiger partial charge in [-0.2, -0.15) is 0 Å². The number of piperidine rings is 1. The minimum atomic E-state index is -3.81. The van der Waals surface area contributed by atoms with Crippen molar-refractivity contribution in [3.05, 3.63) is 62.9 Å². The largest absolute Gasteiger partial charge is 0.490 e. The zero-order valence-corrected chi connectivity index (χ0v) is 23.2. The van der Waals surface area contributed by atoms with Crippen molar-refractivity contribution in [1.29, 1.82) is 0 Å². The molecule has 0 radical (unpaired) electrons. The van der Waals surface area contributed by atoms with Crippen molar-refractivity contribution < 1.29 is 27.1 Å². The molecule has 1 aliphatic heterocycles. The highest BCUT2D eigenvalue weighted by Crippen LogP contribution is 2.45. The molecule has 202 valence electrons. The molecular formula is C26H31Cl2FN2O5S. The van der Waals surface area contributed by atoms with Crippen molar-refractivity contribution in [1.82, 2.24) is 9.62 Å². The quantitative estimate of drug-likeness (QED) is 0.440. The number of methoxy groups -OCH3 is 1. The van der Waals surface area contributed by atoms with Crippen LogP contribution in [0, 0.1) is 5.82 Å². The van der Waals surface area contributed by atoms with E-state index in [0.29, 0.717) is 21.4 Å². The van der Waals surface area contributed by atoms with E-state index in [4.69, 9.17) is 32.7 Å². The van der Waals surface area contributed by atoms with Crippen LogP contribution in [0.2, 0.25) is 10.0 Å². The average Bonchev–Trinajstić information content (AvgIpc) is 3.66. The van der Waals surface area contributed by atoms with Crippen LogP contribution in [-0.2, 0) is 21.2 Å². The summed E-state index contributed by atoms with van der Waals surface area (Å²) in [6.45, 7) is 2.75. The van der Waals surface area contributed by atoms with E-state index in [1.807, 2.05) is 16.9 Å². The zero-order valence-electron chi connectivity index (χ0n) is 20.9. The van der Waals surface area contributed by atoms with Crippen LogP contribution in [-0.4, -0.2) is 64.4 Å². The number of halogens is 3. The molecule has 1 aliphatic carbocycles. The van der Waals surface area contributed by atoms with Crippen molar-refractivity contribution >= 4 is 39.1 Å². The normalized spacial score (nSPS) is 18.0. The highest BCUT2D eigenvalue weighted by atomic mass is 35.5. The Kier molecular flexibility index (Phi) is 8.70. The molecule has 2 aromatic rings. The highest BCUT2D eigenvalue weighted by Gasteiger charge is 2.37. The van der Waals surface area contributed by atoms with Gasteiger partial charge in [0.05, 0.1) is 11.8 Å². The Balaban J connectivity index is 1.38. The Morgan fingerprint density at radius 3 is 2.35 bits per heavy atom. The molecule has 1 heterocycles. The van der Waals surface area contributed by atoms with E-state index < -0.39 is 27.3 Å². The first-order valence-electron chi connectivity index (χ1n) is 12.2. The fourth-order valence-electron chi connectivity index (χ4n) is 4.65. The second kappa shape index (κ2) is 11.5. The molecule has 0 spiro atoms. The molecule has 7 nitrogen and oxygen atoms in total. The van der Waals surface area contributed by atoms with Gasteiger partial charge in [-0.3, -0.25) is 4.79 Å². The Morgan fingerprint density at radius 1 is 1.14 bits per heavy atom. The van der Waals surface area contributed by atoms with E-state index in [0.717, 1.165) is 63.6 Å². The number of sulfonamides is 1. The van der Waals surface area contributed by atoms with E-state index in [1.165, 1.54) is 12.1 Å². The van der Waals surface area contributed by atoms with Crippen molar-refractivity contribution in [3.8, 4) is 5.75 Å². The number of benzene rings is 2. The number of nitrogens with one attached hydrogen (secondary N) is 1. The monoisotopic (exact) mass is 572 g/mol. The second-order valence-electron chi connectivity index (χ2n) is 9.89. The number of carbonyl (C=O) groups excluding carboxylic acids is 1. The maximum atomic E-state index is 14.8. The van der Waals surface area contributed by atoms with E-state index in [9.17, 15) is 17.6 Å². The van der Waals surface area contributed by atoms with Crippen LogP contribution in [0.1, 0.15) is 53.1 Å². The number of amides is 1. The Labute approximate surface area is 227 Å². The zero-order chi connectivity index (χ0) is 26.8. The van der Waals surface area contributed by atoms with E-state index >= 15 is 0 Å². The second-order valence-corrected chi connectivity index (χ2v) is 12.5. The third-order valence-electron chi connectivity index (χ3n) is 6.97. The third kappa shape index (κ3) is 7.57. The SMILES string of the molecule is COC1(COc2cc(F)c(C(=O)NS(C)(=O)=O)cc2C2CC2)CCN(CCc2cc(Cl)cc(Cl)c2)CC1. The highest BCUT2D eigenvalue weighted by molar-refractivity contribution is 7.89. The summed E-state index contributed by atoms with van der Waals surface area (Å²) in [5.74, 6) is -1.30. The van der Waals surface area contributed by atoms with Crippen molar-refractivity contribution in [3.63, 3.8) is 0 Å². The van der Waals surface area contributed by atoms with Gasteiger partial charge in [-0.15, -0.1) is 0 Å². The Bertz CT molecular complexity index is 1240. The van der Waals surface area contributed by atoms with Gasteiger partial charge in [0.15, 0.2) is 0 Å². The molecular weight excluding hydrogens is 542 g/mol. The van der Waals surface area contributed by atoms with E-state index in [-0.39, 0.29) is 18.1 Å². The maximum Gasteiger partial charge on any atom is 0.267 e. The summed E-state index contributed by atoms with van der Waals surface area (Å²) in [5, 5.41) is 1.26. The molecule has 0 unspecified atom stereocenters. The molecule has 1 N–H and O–H groups in total. The van der Waals surface area contributed by atoms with Gasteiger partial charge in [-0.05, 0) is 73.4 Å². The summed E-state index contributed by atoms with van der Waals surface area (Å²) in [7, 11) is -2.15. The Morgan fingerprint density at radius 2 is 1.78 bits per heavy atom. The summed E-state index contributed by atoms with van der Waals surface area (Å²) in [6, 6.07) is 8.17. The lowest BCUT2D eigenvalue weighted by Gasteiger charge is -2.40. The number of hydrogen-bond acceptors (Lipinski definition) is 6. The number of carbonyl (C=O) groups is 1. The molecule has 0 bridgehead atoms. The molecule has 4 rings (SSSR count). The molecule has 2 aromatic carbocycles. The summed E-state index contributed by atoms with van der Waals surface area (Å²) < 4.78 is 51.5. The van der Waals surface area contributed by atoms with Crippen LogP contribution in [0.5, 0.6) is 5.75 Å². The summed E-state index contributed by atoms with van der Waals surface area (Å²) in [4.78, 5) is 14.6. The maximum absolute atomic E-state index is 14.8. The number of rotatable bonds is 10. The molecule has 11 heteroatoms. The molecule has 1 saturated carbocycles. The first-order chi connectivity index (χ1) is 17.5. The minimum absolute atomic E-state index is 0.153. The minimum Gasteiger partial charge on any atom is -0.490 e. The lowest BCUT2D eigenvalue weighted by molar-refractivity contribution is -0.0828. The number of ether oxygens (including phenoxy) is 2. The number of nitrogens with zero attached hydrogens (tertiary/aromatic N) is 1. The molecule has 2 aliphatic rings. The van der Waals surface area contributed by atoms with Gasteiger partial charge in [0.1, 0.15) is 23.8 Å². The molecule has 1 amide bonds. The summed E-state index contributed by atoms with van der Waals surface area (Å²) in [6.07, 6.45) is 4.98. The number of likely N-dealkylation sites (tertiary alicyclic amines) is 1. The van der Waals surface area contributed by atoms with Gasteiger partial charge in [-0.1, -0.05) is 23.2 Å². The van der Waals surface area contributed by atoms with Crippen LogP contribution < -0.4 is 9.46 Å².